The van der Waals surface area contributed by atoms with E-state index in [9.17, 15) is 9.90 Å². The molecule has 2 aromatic carbocycles. The average Bonchev–Trinajstić information content (AvgIpc) is 2.81. The van der Waals surface area contributed by atoms with Crippen molar-refractivity contribution < 1.29 is 30.0 Å². The molecule has 32 heavy (non-hydrogen) atoms. The van der Waals surface area contributed by atoms with E-state index in [0.717, 1.165) is 28.6 Å². The van der Waals surface area contributed by atoms with Crippen LogP contribution in [0.25, 0.3) is 22.5 Å². The van der Waals surface area contributed by atoms with Crippen molar-refractivity contribution in [3.63, 3.8) is 0 Å². The summed E-state index contributed by atoms with van der Waals surface area (Å²) < 4.78 is 0. The second kappa shape index (κ2) is 15.4. The third-order valence-corrected chi connectivity index (χ3v) is 3.71. The normalized spacial score (nSPS) is 9.75. The van der Waals surface area contributed by atoms with Crippen molar-refractivity contribution in [2.24, 2.45) is 0 Å². The van der Waals surface area contributed by atoms with E-state index in [0.29, 0.717) is 0 Å². The van der Waals surface area contributed by atoms with E-state index in [1.54, 1.807) is 12.4 Å². The Bertz CT molecular complexity index is 902. The minimum atomic E-state index is -0.187. The van der Waals surface area contributed by atoms with Gasteiger partial charge in [0.1, 0.15) is 0 Å². The van der Waals surface area contributed by atoms with Gasteiger partial charge in [-0.3, -0.25) is 4.79 Å². The fraction of sp³-hybridized carbons (Fsp3) is 0.0741. The number of ketones is 1. The molecule has 0 aliphatic rings. The van der Waals surface area contributed by atoms with Gasteiger partial charge in [-0.2, -0.15) is 0 Å². The van der Waals surface area contributed by atoms with E-state index in [1.807, 2.05) is 84.9 Å². The fourth-order valence-electron chi connectivity index (χ4n) is 2.44. The molecule has 0 fully saturated rings. The molecule has 0 saturated heterocycles. The molecule has 2 heterocycles. The Hall–Kier alpha value is -3.40. The number of hydrogen-bond donors (Lipinski definition) is 0. The Labute approximate surface area is 203 Å². The first-order valence-corrected chi connectivity index (χ1v) is 9.68. The van der Waals surface area contributed by atoms with Crippen molar-refractivity contribution in [3.8, 4) is 22.5 Å². The molecule has 0 aliphatic heterocycles. The number of allylic oxidation sites excluding steroid dienone is 2. The first-order valence-electron chi connectivity index (χ1n) is 9.68. The maximum atomic E-state index is 9.98. The summed E-state index contributed by atoms with van der Waals surface area (Å²) in [5.41, 5.74) is 4.02. The Morgan fingerprint density at radius 1 is 0.750 bits per heavy atom. The molecule has 0 saturated carbocycles. The summed E-state index contributed by atoms with van der Waals surface area (Å²) in [6.07, 6.45) is 4.63. The van der Waals surface area contributed by atoms with Gasteiger partial charge in [0.25, 0.3) is 0 Å². The summed E-state index contributed by atoms with van der Waals surface area (Å²) in [5.74, 6) is -0.375. The topological polar surface area (TPSA) is 65.9 Å². The molecule has 5 heteroatoms. The van der Waals surface area contributed by atoms with Crippen LogP contribution in [0.2, 0.25) is 0 Å². The van der Waals surface area contributed by atoms with Crippen LogP contribution in [0, 0.1) is 12.1 Å². The largest absolute Gasteiger partial charge is 3.00 e. The van der Waals surface area contributed by atoms with Crippen LogP contribution in [0.15, 0.2) is 109 Å². The molecule has 0 unspecified atom stereocenters. The average molecular weight is 600 g/mol. The van der Waals surface area contributed by atoms with Crippen LogP contribution in [-0.4, -0.2) is 15.8 Å². The van der Waals surface area contributed by atoms with Crippen LogP contribution in [-0.2, 0) is 24.9 Å². The van der Waals surface area contributed by atoms with E-state index in [2.05, 4.69) is 22.1 Å². The van der Waals surface area contributed by atoms with Crippen molar-refractivity contribution in [3.05, 3.63) is 121 Å². The molecule has 0 bridgehead atoms. The van der Waals surface area contributed by atoms with E-state index in [4.69, 9.17) is 0 Å². The number of hydrogen-bond acceptors (Lipinski definition) is 4. The molecule has 4 aromatic rings. The van der Waals surface area contributed by atoms with E-state index >= 15 is 0 Å². The molecule has 0 amide bonds. The third kappa shape index (κ3) is 10.6. The number of nitrogens with zero attached hydrogens (tertiary/aromatic N) is 2. The molecule has 2 aromatic heterocycles. The molecule has 0 spiro atoms. The number of carbonyl (C=O) groups is 1. The standard InChI is InChI=1S/2C11H8N.C5H8O2.Ir/c2*1-2-6-10(7-3-1)11-8-4-5-9-12-11;1-4(6)3-5(2)7;/h2*1-6,8-9H;3,6H,1-2H3;/q2*-1;;+3/p-1/b;;4-3-;. The van der Waals surface area contributed by atoms with Crippen molar-refractivity contribution in [2.75, 3.05) is 0 Å². The first-order chi connectivity index (χ1) is 15.1. The van der Waals surface area contributed by atoms with Gasteiger partial charge in [-0.25, -0.2) is 0 Å². The SMILES string of the molecule is CC(=O)/C=C(/C)[O-].[Ir+3].[c-]1ccccc1-c1ccccn1.[c-]1ccccc1-c1ccccn1. The van der Waals surface area contributed by atoms with Crippen LogP contribution in [0.1, 0.15) is 13.8 Å². The van der Waals surface area contributed by atoms with Gasteiger partial charge in [0.2, 0.25) is 0 Å². The van der Waals surface area contributed by atoms with Gasteiger partial charge in [0.05, 0.1) is 0 Å². The smallest absolute Gasteiger partial charge is 0.876 e. The van der Waals surface area contributed by atoms with Gasteiger partial charge in [0.15, 0.2) is 5.78 Å². The Balaban J connectivity index is 0.000000246. The Kier molecular flexibility index (Phi) is 12.8. The van der Waals surface area contributed by atoms with Crippen molar-refractivity contribution in [2.45, 2.75) is 13.8 Å². The van der Waals surface area contributed by atoms with Crippen molar-refractivity contribution >= 4 is 5.78 Å². The maximum Gasteiger partial charge on any atom is 3.00 e. The molecule has 0 radical (unpaired) electrons. The zero-order chi connectivity index (χ0) is 22.3. The summed E-state index contributed by atoms with van der Waals surface area (Å²) >= 11 is 0. The predicted molar refractivity (Wildman–Crippen MR) is 121 cm³/mol. The number of rotatable bonds is 3. The van der Waals surface area contributed by atoms with Gasteiger partial charge >= 0.3 is 20.1 Å². The van der Waals surface area contributed by atoms with Crippen molar-refractivity contribution in [1.82, 2.24) is 9.97 Å². The first kappa shape index (κ1) is 26.6. The minimum absolute atomic E-state index is 0. The van der Waals surface area contributed by atoms with Crippen LogP contribution in [0.4, 0.5) is 0 Å². The van der Waals surface area contributed by atoms with Crippen LogP contribution >= 0.6 is 0 Å². The molecule has 0 N–H and O–H groups in total. The summed E-state index contributed by atoms with van der Waals surface area (Å²) in [6, 6.07) is 33.6. The molecule has 0 aliphatic carbocycles. The van der Waals surface area contributed by atoms with Gasteiger partial charge in [-0.05, 0) is 36.5 Å². The van der Waals surface area contributed by atoms with Gasteiger partial charge in [0, 0.05) is 12.4 Å². The molecule has 4 rings (SSSR count). The summed E-state index contributed by atoms with van der Waals surface area (Å²) in [4.78, 5) is 18.4. The second-order valence-electron chi connectivity index (χ2n) is 6.35. The molecular weight excluding hydrogens is 577 g/mol. The van der Waals surface area contributed by atoms with Gasteiger partial charge in [-0.15, -0.1) is 77.5 Å². The molecular formula is C27H23IrN2O2. The Morgan fingerprint density at radius 3 is 1.44 bits per heavy atom. The van der Waals surface area contributed by atoms with E-state index in [1.165, 1.54) is 13.8 Å². The summed E-state index contributed by atoms with van der Waals surface area (Å²) in [6.45, 7) is 2.70. The third-order valence-electron chi connectivity index (χ3n) is 3.71. The summed E-state index contributed by atoms with van der Waals surface area (Å²) in [5, 5.41) is 9.98. The van der Waals surface area contributed by atoms with Crippen LogP contribution in [0.5, 0.6) is 0 Å². The second-order valence-corrected chi connectivity index (χ2v) is 6.35. The fourth-order valence-corrected chi connectivity index (χ4v) is 2.44. The maximum absolute atomic E-state index is 9.98. The van der Waals surface area contributed by atoms with Gasteiger partial charge in [-0.1, -0.05) is 31.2 Å². The van der Waals surface area contributed by atoms with Crippen LogP contribution in [0.3, 0.4) is 0 Å². The van der Waals surface area contributed by atoms with E-state index < -0.39 is 0 Å². The number of carbonyl (C=O) groups excluding carboxylic acids is 1. The quantitative estimate of drug-likeness (QED) is 0.190. The van der Waals surface area contributed by atoms with Crippen LogP contribution < -0.4 is 5.11 Å². The number of benzene rings is 2. The zero-order valence-corrected chi connectivity index (χ0v) is 20.3. The minimum Gasteiger partial charge on any atom is -0.876 e. The van der Waals surface area contributed by atoms with Gasteiger partial charge < -0.3 is 15.1 Å². The number of aromatic nitrogens is 2. The molecule has 0 atom stereocenters. The number of pyridine rings is 2. The molecule has 4 nitrogen and oxygen atoms in total. The predicted octanol–water partition coefficient (Wildman–Crippen LogP) is 4.93. The molecule has 162 valence electrons. The zero-order valence-electron chi connectivity index (χ0n) is 17.9. The Morgan fingerprint density at radius 2 is 1.19 bits per heavy atom. The van der Waals surface area contributed by atoms with E-state index in [-0.39, 0.29) is 31.6 Å². The summed E-state index contributed by atoms with van der Waals surface area (Å²) in [7, 11) is 0. The monoisotopic (exact) mass is 600 g/mol. The van der Waals surface area contributed by atoms with Crippen molar-refractivity contribution in [1.29, 1.82) is 0 Å².